The van der Waals surface area contributed by atoms with Gasteiger partial charge in [0.25, 0.3) is 0 Å². The molecule has 0 radical (unpaired) electrons. The van der Waals surface area contributed by atoms with Gasteiger partial charge in [0.15, 0.2) is 0 Å². The molecule has 2 aromatic rings. The van der Waals surface area contributed by atoms with Gasteiger partial charge in [-0.3, -0.25) is 0 Å². The first-order valence-electron chi connectivity index (χ1n) is 5.89. The maximum absolute atomic E-state index is 3.31. The predicted molar refractivity (Wildman–Crippen MR) is 77.9 cm³/mol. The Hall–Kier alpha value is -1.17. The van der Waals surface area contributed by atoms with E-state index in [0.29, 0.717) is 6.04 Å². The van der Waals surface area contributed by atoms with Gasteiger partial charge in [-0.1, -0.05) is 63.2 Å². The molecule has 0 saturated carbocycles. The zero-order valence-electron chi connectivity index (χ0n) is 10.3. The summed E-state index contributed by atoms with van der Waals surface area (Å²) in [5.41, 5.74) is 1.40. The van der Waals surface area contributed by atoms with Crippen LogP contribution in [0, 0.1) is 0 Å². The average Bonchev–Trinajstić information content (AvgIpc) is 2.40. The van der Waals surface area contributed by atoms with Crippen molar-refractivity contribution < 1.29 is 0 Å². The lowest BCUT2D eigenvalue weighted by atomic mass is 10.1. The van der Waals surface area contributed by atoms with Crippen molar-refractivity contribution in [2.45, 2.75) is 13.0 Å². The summed E-state index contributed by atoms with van der Waals surface area (Å²) in [5.74, 6) is 0. The lowest BCUT2D eigenvalue weighted by Gasteiger charge is -2.15. The zero-order valence-corrected chi connectivity index (χ0v) is 11.3. The fourth-order valence-corrected chi connectivity index (χ4v) is 3.11. The predicted octanol–water partition coefficient (Wildman–Crippen LogP) is 2.60. The summed E-state index contributed by atoms with van der Waals surface area (Å²) in [6, 6.07) is 19.7. The molecule has 17 heavy (non-hydrogen) atoms. The van der Waals surface area contributed by atoms with Crippen LogP contribution < -0.4 is 15.9 Å². The van der Waals surface area contributed by atoms with Crippen molar-refractivity contribution in [1.29, 1.82) is 0 Å². The highest BCUT2D eigenvalue weighted by atomic mass is 31.1. The Morgan fingerprint density at radius 2 is 1.59 bits per heavy atom. The molecule has 2 heteroatoms. The molecule has 88 valence electrons. The summed E-state index contributed by atoms with van der Waals surface area (Å²) in [7, 11) is 2.74. The number of hydrogen-bond donors (Lipinski definition) is 1. The Morgan fingerprint density at radius 3 is 2.29 bits per heavy atom. The molecule has 0 fully saturated rings. The fourth-order valence-electron chi connectivity index (χ4n) is 1.82. The quantitative estimate of drug-likeness (QED) is 0.814. The second-order valence-electron chi connectivity index (χ2n) is 4.09. The van der Waals surface area contributed by atoms with E-state index in [0.717, 1.165) is 8.58 Å². The van der Waals surface area contributed by atoms with Crippen LogP contribution in [0.4, 0.5) is 0 Å². The molecule has 0 amide bonds. The minimum atomic E-state index is 0.405. The van der Waals surface area contributed by atoms with Gasteiger partial charge in [0.2, 0.25) is 0 Å². The molecular weight excluding hydrogens is 225 g/mol. The van der Waals surface area contributed by atoms with E-state index >= 15 is 0 Å². The van der Waals surface area contributed by atoms with Gasteiger partial charge in [-0.15, -0.1) is 0 Å². The minimum Gasteiger partial charge on any atom is -0.313 e. The fraction of sp³-hybridized carbons (Fsp3) is 0.200. The molecule has 0 aliphatic heterocycles. The largest absolute Gasteiger partial charge is 0.313 e. The maximum atomic E-state index is 3.31. The number of benzene rings is 2. The van der Waals surface area contributed by atoms with Gasteiger partial charge in [-0.25, -0.2) is 0 Å². The molecule has 0 aliphatic carbocycles. The standard InChI is InChI=1S/C15H18NP/c1-12(16-2)14-10-6-7-11-15(14)17-13-8-4-3-5-9-13/h3-12,16-17H,1-2H3. The van der Waals surface area contributed by atoms with Crippen molar-refractivity contribution in [2.24, 2.45) is 0 Å². The molecule has 0 aromatic heterocycles. The summed E-state index contributed by atoms with van der Waals surface area (Å²) in [5, 5.41) is 6.13. The van der Waals surface area contributed by atoms with Crippen molar-refractivity contribution >= 4 is 19.2 Å². The van der Waals surface area contributed by atoms with Gasteiger partial charge in [0.1, 0.15) is 0 Å². The zero-order chi connectivity index (χ0) is 12.1. The van der Waals surface area contributed by atoms with Crippen LogP contribution >= 0.6 is 8.58 Å². The Bertz CT molecular complexity index is 467. The van der Waals surface area contributed by atoms with E-state index in [1.54, 1.807) is 0 Å². The Balaban J connectivity index is 2.27. The van der Waals surface area contributed by atoms with Crippen LogP contribution in [0.3, 0.4) is 0 Å². The summed E-state index contributed by atoms with van der Waals surface area (Å²) in [6.07, 6.45) is 0. The molecule has 1 nitrogen and oxygen atoms in total. The van der Waals surface area contributed by atoms with E-state index in [-0.39, 0.29) is 0 Å². The first-order chi connectivity index (χ1) is 8.31. The minimum absolute atomic E-state index is 0.405. The highest BCUT2D eigenvalue weighted by Crippen LogP contribution is 2.18. The van der Waals surface area contributed by atoms with Crippen molar-refractivity contribution in [3.63, 3.8) is 0 Å². The second kappa shape index (κ2) is 5.95. The van der Waals surface area contributed by atoms with Crippen LogP contribution in [0.25, 0.3) is 0 Å². The summed E-state index contributed by atoms with van der Waals surface area (Å²) >= 11 is 0. The molecule has 2 aromatic carbocycles. The highest BCUT2D eigenvalue weighted by molar-refractivity contribution is 7.55. The van der Waals surface area contributed by atoms with Crippen LogP contribution in [-0.2, 0) is 0 Å². The molecule has 0 heterocycles. The Labute approximate surface area is 105 Å². The lowest BCUT2D eigenvalue weighted by molar-refractivity contribution is 0.656. The van der Waals surface area contributed by atoms with Gasteiger partial charge in [0.05, 0.1) is 0 Å². The number of rotatable bonds is 4. The Morgan fingerprint density at radius 1 is 0.941 bits per heavy atom. The third-order valence-corrected chi connectivity index (χ3v) is 4.26. The maximum Gasteiger partial charge on any atom is 0.0295 e. The number of hydrogen-bond acceptors (Lipinski definition) is 1. The van der Waals surface area contributed by atoms with Crippen molar-refractivity contribution in [2.75, 3.05) is 7.05 Å². The van der Waals surface area contributed by atoms with E-state index in [2.05, 4.69) is 66.8 Å². The van der Waals surface area contributed by atoms with Gasteiger partial charge < -0.3 is 5.32 Å². The van der Waals surface area contributed by atoms with Crippen LogP contribution in [0.15, 0.2) is 54.6 Å². The van der Waals surface area contributed by atoms with Crippen molar-refractivity contribution in [1.82, 2.24) is 5.32 Å². The average molecular weight is 243 g/mol. The molecular formula is C15H18NP. The molecule has 2 atom stereocenters. The van der Waals surface area contributed by atoms with Crippen LogP contribution in [0.5, 0.6) is 0 Å². The van der Waals surface area contributed by atoms with E-state index < -0.39 is 0 Å². The lowest BCUT2D eigenvalue weighted by Crippen LogP contribution is -2.19. The van der Waals surface area contributed by atoms with Crippen LogP contribution in [0.2, 0.25) is 0 Å². The van der Waals surface area contributed by atoms with Gasteiger partial charge in [0, 0.05) is 6.04 Å². The molecule has 1 N–H and O–H groups in total. The van der Waals surface area contributed by atoms with E-state index in [1.165, 1.54) is 16.2 Å². The highest BCUT2D eigenvalue weighted by Gasteiger charge is 2.08. The van der Waals surface area contributed by atoms with Crippen molar-refractivity contribution in [3.05, 3.63) is 60.2 Å². The smallest absolute Gasteiger partial charge is 0.0295 e. The van der Waals surface area contributed by atoms with Gasteiger partial charge >= 0.3 is 0 Å². The first-order valence-corrected chi connectivity index (χ1v) is 6.89. The summed E-state index contributed by atoms with van der Waals surface area (Å²) < 4.78 is 0. The molecule has 0 saturated heterocycles. The SMILES string of the molecule is CNC(C)c1ccccc1Pc1ccccc1. The third-order valence-electron chi connectivity index (χ3n) is 2.91. The monoisotopic (exact) mass is 243 g/mol. The van der Waals surface area contributed by atoms with E-state index in [4.69, 9.17) is 0 Å². The topological polar surface area (TPSA) is 12.0 Å². The second-order valence-corrected chi connectivity index (χ2v) is 5.45. The first kappa shape index (κ1) is 12.3. The molecule has 0 bridgehead atoms. The van der Waals surface area contributed by atoms with E-state index in [9.17, 15) is 0 Å². The van der Waals surface area contributed by atoms with E-state index in [1.807, 2.05) is 7.05 Å². The molecule has 2 rings (SSSR count). The Kier molecular flexibility index (Phi) is 4.30. The summed E-state index contributed by atoms with van der Waals surface area (Å²) in [6.45, 7) is 2.20. The number of nitrogens with one attached hydrogen (secondary N) is 1. The van der Waals surface area contributed by atoms with Crippen LogP contribution in [-0.4, -0.2) is 7.05 Å². The summed E-state index contributed by atoms with van der Waals surface area (Å²) in [4.78, 5) is 0. The molecule has 2 unspecified atom stereocenters. The van der Waals surface area contributed by atoms with Gasteiger partial charge in [-0.05, 0) is 30.1 Å². The normalized spacial score (nSPS) is 13.1. The third kappa shape index (κ3) is 3.15. The van der Waals surface area contributed by atoms with Gasteiger partial charge in [-0.2, -0.15) is 0 Å². The molecule has 0 spiro atoms. The van der Waals surface area contributed by atoms with Crippen molar-refractivity contribution in [3.8, 4) is 0 Å². The molecule has 0 aliphatic rings. The van der Waals surface area contributed by atoms with Crippen LogP contribution in [0.1, 0.15) is 18.5 Å².